The molecule has 22 heavy (non-hydrogen) atoms. The molecule has 4 nitrogen and oxygen atoms in total. The fourth-order valence-corrected chi connectivity index (χ4v) is 4.94. The Kier molecular flexibility index (Phi) is 3.69. The van der Waals surface area contributed by atoms with Crippen LogP contribution in [0.1, 0.15) is 5.56 Å². The first-order valence-corrected chi connectivity index (χ1v) is 9.35. The number of hydrogen-bond acceptors (Lipinski definition) is 6. The number of nitrogens with zero attached hydrogens (tertiary/aromatic N) is 2. The van der Waals surface area contributed by atoms with Gasteiger partial charge in [-0.15, -0.1) is 22.0 Å². The summed E-state index contributed by atoms with van der Waals surface area (Å²) in [7, 11) is 0. The monoisotopic (exact) mass is 345 g/mol. The van der Waals surface area contributed by atoms with E-state index in [1.807, 2.05) is 29.0 Å². The van der Waals surface area contributed by atoms with E-state index in [4.69, 9.17) is 0 Å². The third-order valence-electron chi connectivity index (χ3n) is 3.36. The van der Waals surface area contributed by atoms with E-state index in [2.05, 4.69) is 27.6 Å². The smallest absolute Gasteiger partial charge is 0.240 e. The van der Waals surface area contributed by atoms with Crippen molar-refractivity contribution in [2.24, 2.45) is 0 Å². The van der Waals surface area contributed by atoms with Gasteiger partial charge in [0.2, 0.25) is 11.0 Å². The summed E-state index contributed by atoms with van der Waals surface area (Å²) in [5.41, 5.74) is 2.29. The van der Waals surface area contributed by atoms with Crippen molar-refractivity contribution in [1.29, 1.82) is 0 Å². The van der Waals surface area contributed by atoms with E-state index >= 15 is 0 Å². The van der Waals surface area contributed by atoms with Crippen molar-refractivity contribution in [3.63, 3.8) is 0 Å². The molecule has 0 bridgehead atoms. The third kappa shape index (κ3) is 2.67. The highest BCUT2D eigenvalue weighted by Crippen LogP contribution is 2.37. The SMILES string of the molecule is O=C(Nc1nnc(-c2ccsc2)s1)C1Cc2ccccc2S1. The van der Waals surface area contributed by atoms with Crippen LogP contribution in [0.2, 0.25) is 0 Å². The van der Waals surface area contributed by atoms with Crippen LogP contribution < -0.4 is 5.32 Å². The zero-order valence-corrected chi connectivity index (χ0v) is 13.8. The summed E-state index contributed by atoms with van der Waals surface area (Å²) >= 11 is 4.64. The van der Waals surface area contributed by atoms with Gasteiger partial charge in [-0.2, -0.15) is 11.3 Å². The van der Waals surface area contributed by atoms with Crippen molar-refractivity contribution in [2.75, 3.05) is 5.32 Å². The van der Waals surface area contributed by atoms with Crippen LogP contribution in [0.15, 0.2) is 46.0 Å². The predicted octanol–water partition coefficient (Wildman–Crippen LogP) is 3.92. The number of nitrogens with one attached hydrogen (secondary N) is 1. The van der Waals surface area contributed by atoms with Crippen LogP contribution in [-0.4, -0.2) is 21.4 Å². The van der Waals surface area contributed by atoms with Crippen LogP contribution in [0, 0.1) is 0 Å². The van der Waals surface area contributed by atoms with Gasteiger partial charge in [0, 0.05) is 15.8 Å². The molecule has 1 aliphatic heterocycles. The molecule has 0 fully saturated rings. The minimum Gasteiger partial charge on any atom is -0.300 e. The van der Waals surface area contributed by atoms with E-state index in [0.717, 1.165) is 17.0 Å². The molecular weight excluding hydrogens is 334 g/mol. The van der Waals surface area contributed by atoms with Gasteiger partial charge in [0.25, 0.3) is 0 Å². The molecule has 0 saturated carbocycles. The maximum absolute atomic E-state index is 12.4. The van der Waals surface area contributed by atoms with Crippen LogP contribution >= 0.6 is 34.4 Å². The molecule has 0 radical (unpaired) electrons. The van der Waals surface area contributed by atoms with Gasteiger partial charge >= 0.3 is 0 Å². The Morgan fingerprint density at radius 3 is 2.95 bits per heavy atom. The minimum absolute atomic E-state index is 0.00535. The molecule has 1 aliphatic rings. The molecule has 1 amide bonds. The largest absolute Gasteiger partial charge is 0.300 e. The average Bonchev–Trinajstić information content (AvgIpc) is 3.26. The van der Waals surface area contributed by atoms with Gasteiger partial charge in [0.05, 0.1) is 5.25 Å². The molecule has 1 atom stereocenters. The molecule has 4 rings (SSSR count). The molecule has 1 N–H and O–H groups in total. The quantitative estimate of drug-likeness (QED) is 0.782. The van der Waals surface area contributed by atoms with Crippen LogP contribution in [-0.2, 0) is 11.2 Å². The average molecular weight is 345 g/mol. The predicted molar refractivity (Wildman–Crippen MR) is 91.6 cm³/mol. The lowest BCUT2D eigenvalue weighted by molar-refractivity contribution is -0.115. The van der Waals surface area contributed by atoms with Crippen molar-refractivity contribution in [2.45, 2.75) is 16.6 Å². The summed E-state index contributed by atoms with van der Waals surface area (Å²) in [5.74, 6) is -0.00535. The molecule has 0 spiro atoms. The van der Waals surface area contributed by atoms with Crippen LogP contribution in [0.25, 0.3) is 10.6 Å². The zero-order valence-electron chi connectivity index (χ0n) is 11.4. The molecule has 7 heteroatoms. The molecule has 0 saturated heterocycles. The molecule has 3 aromatic rings. The first kappa shape index (κ1) is 13.9. The summed E-state index contributed by atoms with van der Waals surface area (Å²) in [6.07, 6.45) is 0.767. The molecule has 1 aromatic carbocycles. The second-order valence-electron chi connectivity index (χ2n) is 4.83. The molecule has 1 unspecified atom stereocenters. The lowest BCUT2D eigenvalue weighted by Gasteiger charge is -2.06. The molecule has 2 aromatic heterocycles. The van der Waals surface area contributed by atoms with Crippen molar-refractivity contribution in [1.82, 2.24) is 10.2 Å². The number of thioether (sulfide) groups is 1. The first-order chi connectivity index (χ1) is 10.8. The summed E-state index contributed by atoms with van der Waals surface area (Å²) < 4.78 is 0. The number of hydrogen-bond donors (Lipinski definition) is 1. The van der Waals surface area contributed by atoms with E-state index in [9.17, 15) is 4.79 Å². The Hall–Kier alpha value is -1.70. The minimum atomic E-state index is -0.0918. The van der Waals surface area contributed by atoms with E-state index in [0.29, 0.717) is 5.13 Å². The number of carbonyl (C=O) groups excluding carboxylic acids is 1. The van der Waals surface area contributed by atoms with E-state index in [-0.39, 0.29) is 11.2 Å². The number of benzene rings is 1. The lowest BCUT2D eigenvalue weighted by Crippen LogP contribution is -2.24. The highest BCUT2D eigenvalue weighted by molar-refractivity contribution is 8.01. The van der Waals surface area contributed by atoms with Gasteiger partial charge in [0.15, 0.2) is 0 Å². The summed E-state index contributed by atoms with van der Waals surface area (Å²) in [6.45, 7) is 0. The van der Waals surface area contributed by atoms with E-state index < -0.39 is 0 Å². The molecule has 0 aliphatic carbocycles. The topological polar surface area (TPSA) is 54.9 Å². The van der Waals surface area contributed by atoms with Crippen molar-refractivity contribution < 1.29 is 4.79 Å². The van der Waals surface area contributed by atoms with Gasteiger partial charge < -0.3 is 0 Å². The summed E-state index contributed by atoms with van der Waals surface area (Å²) in [4.78, 5) is 13.6. The van der Waals surface area contributed by atoms with Crippen LogP contribution in [0.3, 0.4) is 0 Å². The Balaban J connectivity index is 1.45. The molecular formula is C15H11N3OS3. The Labute approximate surface area is 139 Å². The lowest BCUT2D eigenvalue weighted by atomic mass is 10.1. The number of rotatable bonds is 3. The first-order valence-electron chi connectivity index (χ1n) is 6.71. The van der Waals surface area contributed by atoms with Crippen molar-refractivity contribution >= 4 is 45.5 Å². The van der Waals surface area contributed by atoms with Crippen LogP contribution in [0.4, 0.5) is 5.13 Å². The standard InChI is InChI=1S/C15H11N3OS3/c19-13(12-7-9-3-1-2-4-11(9)21-12)16-15-18-17-14(22-15)10-5-6-20-8-10/h1-6,8,12H,7H2,(H,16,18,19). The summed E-state index contributed by atoms with van der Waals surface area (Å²) in [6, 6.07) is 10.2. The van der Waals surface area contributed by atoms with Crippen molar-refractivity contribution in [3.8, 4) is 10.6 Å². The maximum atomic E-state index is 12.4. The van der Waals surface area contributed by atoms with Gasteiger partial charge in [-0.25, -0.2) is 0 Å². The number of amides is 1. The number of fused-ring (bicyclic) bond motifs is 1. The summed E-state index contributed by atoms with van der Waals surface area (Å²) in [5, 5.41) is 16.4. The fourth-order valence-electron chi connectivity index (χ4n) is 2.29. The second-order valence-corrected chi connectivity index (χ2v) is 7.83. The van der Waals surface area contributed by atoms with E-state index in [1.54, 1.807) is 23.1 Å². The van der Waals surface area contributed by atoms with Crippen LogP contribution in [0.5, 0.6) is 0 Å². The van der Waals surface area contributed by atoms with Gasteiger partial charge in [-0.1, -0.05) is 29.5 Å². The highest BCUT2D eigenvalue weighted by atomic mass is 32.2. The number of anilines is 1. The molecule has 110 valence electrons. The Morgan fingerprint density at radius 2 is 2.14 bits per heavy atom. The van der Waals surface area contributed by atoms with Gasteiger partial charge in [0.1, 0.15) is 5.01 Å². The number of thiophene rings is 1. The highest BCUT2D eigenvalue weighted by Gasteiger charge is 2.28. The molecule has 3 heterocycles. The zero-order chi connectivity index (χ0) is 14.9. The van der Waals surface area contributed by atoms with E-state index in [1.165, 1.54) is 21.8 Å². The Bertz CT molecular complexity index is 788. The third-order valence-corrected chi connectivity index (χ3v) is 6.25. The Morgan fingerprint density at radius 1 is 1.23 bits per heavy atom. The second kappa shape index (κ2) is 5.83. The maximum Gasteiger partial charge on any atom is 0.240 e. The number of carbonyl (C=O) groups is 1. The fraction of sp³-hybridized carbons (Fsp3) is 0.133. The van der Waals surface area contributed by atoms with Gasteiger partial charge in [-0.3, -0.25) is 10.1 Å². The number of aromatic nitrogens is 2. The van der Waals surface area contributed by atoms with Crippen molar-refractivity contribution in [3.05, 3.63) is 46.7 Å². The normalized spacial score (nSPS) is 16.5. The van der Waals surface area contributed by atoms with Gasteiger partial charge in [-0.05, 0) is 29.5 Å².